The lowest BCUT2D eigenvalue weighted by molar-refractivity contribution is 0.141. The third-order valence-corrected chi connectivity index (χ3v) is 3.67. The van der Waals surface area contributed by atoms with Crippen LogP contribution in [0.25, 0.3) is 0 Å². The van der Waals surface area contributed by atoms with Gasteiger partial charge in [-0.3, -0.25) is 4.18 Å². The molecular formula is C11H10INOS. The van der Waals surface area contributed by atoms with Crippen LogP contribution in [-0.2, 0) is 16.2 Å². The highest BCUT2D eigenvalue weighted by Gasteiger charge is 2.38. The molecule has 0 amide bonds. The predicted octanol–water partition coefficient (Wildman–Crippen LogP) is 3.76. The molecule has 1 aliphatic carbocycles. The summed E-state index contributed by atoms with van der Waals surface area (Å²) >= 11 is 2.07. The zero-order valence-corrected chi connectivity index (χ0v) is 11.0. The fraction of sp³-hybridized carbons (Fsp3) is 0.364. The molecule has 0 saturated carbocycles. The average Bonchev–Trinajstić information content (AvgIpc) is 2.30. The van der Waals surface area contributed by atoms with Crippen LogP contribution in [0.1, 0.15) is 24.0 Å². The Hall–Kier alpha value is -0.250. The summed E-state index contributed by atoms with van der Waals surface area (Å²) in [6, 6.07) is 10.4. The van der Waals surface area contributed by atoms with Crippen molar-refractivity contribution in [2.45, 2.75) is 24.9 Å². The zero-order chi connectivity index (χ0) is 10.7. The number of aryl methyl sites for hydroxylation is 1. The molecule has 2 nitrogen and oxygen atoms in total. The highest BCUT2D eigenvalue weighted by Crippen LogP contribution is 2.41. The van der Waals surface area contributed by atoms with E-state index in [4.69, 9.17) is 4.18 Å². The molecule has 0 heterocycles. The topological polar surface area (TPSA) is 33.0 Å². The maximum absolute atomic E-state index is 9.33. The van der Waals surface area contributed by atoms with Crippen molar-refractivity contribution in [3.8, 4) is 6.07 Å². The van der Waals surface area contributed by atoms with Crippen molar-refractivity contribution in [1.82, 2.24) is 0 Å². The minimum absolute atomic E-state index is 0.735. The summed E-state index contributed by atoms with van der Waals surface area (Å²) in [4.78, 5) is 0. The van der Waals surface area contributed by atoms with Crippen molar-refractivity contribution in [2.75, 3.05) is 0 Å². The smallest absolute Gasteiger partial charge is 0.194 e. The van der Waals surface area contributed by atoms with Crippen molar-refractivity contribution < 1.29 is 4.18 Å². The first-order chi connectivity index (χ1) is 7.32. The maximum atomic E-state index is 9.33. The van der Waals surface area contributed by atoms with E-state index in [-0.39, 0.29) is 0 Å². The van der Waals surface area contributed by atoms with E-state index in [1.807, 2.05) is 18.2 Å². The summed E-state index contributed by atoms with van der Waals surface area (Å²) in [6.07, 6.45) is 2.85. The molecule has 4 heteroatoms. The Morgan fingerprint density at radius 3 is 3.00 bits per heavy atom. The molecule has 1 atom stereocenters. The first kappa shape index (κ1) is 11.2. The normalized spacial score (nSPS) is 24.3. The van der Waals surface area contributed by atoms with E-state index in [0.29, 0.717) is 0 Å². The second-order valence-electron chi connectivity index (χ2n) is 3.60. The van der Waals surface area contributed by atoms with Gasteiger partial charge in [0.05, 0.1) is 9.21 Å². The number of hydrogen-bond acceptors (Lipinski definition) is 3. The molecule has 0 N–H and O–H groups in total. The number of hydrogen-bond donors (Lipinski definition) is 0. The van der Waals surface area contributed by atoms with E-state index in [0.717, 1.165) is 24.8 Å². The Bertz CT molecular complexity index is 404. The van der Waals surface area contributed by atoms with E-state index in [9.17, 15) is 5.26 Å². The molecule has 78 valence electrons. The summed E-state index contributed by atoms with van der Waals surface area (Å²) in [5.41, 5.74) is 1.56. The lowest BCUT2D eigenvalue weighted by Gasteiger charge is -2.31. The predicted molar refractivity (Wildman–Crippen MR) is 69.4 cm³/mol. The van der Waals surface area contributed by atoms with Gasteiger partial charge in [-0.25, -0.2) is 0 Å². The van der Waals surface area contributed by atoms with Crippen LogP contribution in [0, 0.1) is 11.3 Å². The molecule has 1 unspecified atom stereocenters. The molecule has 0 saturated heterocycles. The fourth-order valence-corrected chi connectivity index (χ4v) is 3.31. The monoisotopic (exact) mass is 331 g/mol. The van der Waals surface area contributed by atoms with Crippen molar-refractivity contribution in [2.24, 2.45) is 0 Å². The number of rotatable bonds is 2. The van der Waals surface area contributed by atoms with Crippen LogP contribution in [0.15, 0.2) is 24.3 Å². The van der Waals surface area contributed by atoms with Gasteiger partial charge in [-0.2, -0.15) is 5.26 Å². The number of nitrogens with zero attached hydrogens (tertiary/aromatic N) is 1. The average molecular weight is 331 g/mol. The second kappa shape index (κ2) is 4.73. The molecule has 0 fully saturated rings. The SMILES string of the molecule is N#CC1(OSI)CCCc2ccccc21. The molecule has 0 aromatic heterocycles. The Labute approximate surface area is 106 Å². The quantitative estimate of drug-likeness (QED) is 0.611. The number of benzene rings is 1. The summed E-state index contributed by atoms with van der Waals surface area (Å²) in [7, 11) is 1.24. The third kappa shape index (κ3) is 2.01. The molecule has 15 heavy (non-hydrogen) atoms. The van der Waals surface area contributed by atoms with Gasteiger partial charge in [-0.15, -0.1) is 0 Å². The molecule has 1 aliphatic rings. The van der Waals surface area contributed by atoms with Crippen LogP contribution in [0.5, 0.6) is 0 Å². The lowest BCUT2D eigenvalue weighted by Crippen LogP contribution is -2.30. The van der Waals surface area contributed by atoms with Gasteiger partial charge in [-0.1, -0.05) is 24.3 Å². The highest BCUT2D eigenvalue weighted by molar-refractivity contribution is 14.2. The van der Waals surface area contributed by atoms with Gasteiger partial charge in [-0.05, 0) is 24.8 Å². The standard InChI is InChI=1S/C11H10INOS/c12-15-14-11(8-13)7-3-5-9-4-1-2-6-10(9)11/h1-2,4,6H,3,5,7H2. The number of nitriles is 1. The molecule has 0 radical (unpaired) electrons. The minimum atomic E-state index is -0.735. The largest absolute Gasteiger partial charge is 0.278 e. The Balaban J connectivity index is 2.48. The number of halogens is 1. The molecule has 0 aliphatic heterocycles. The van der Waals surface area contributed by atoms with Crippen LogP contribution in [0.2, 0.25) is 0 Å². The first-order valence-electron chi connectivity index (χ1n) is 4.78. The van der Waals surface area contributed by atoms with Crippen LogP contribution in [0.4, 0.5) is 0 Å². The molecular weight excluding hydrogens is 321 g/mol. The van der Waals surface area contributed by atoms with E-state index in [2.05, 4.69) is 33.3 Å². The van der Waals surface area contributed by atoms with Crippen LogP contribution in [0.3, 0.4) is 0 Å². The summed E-state index contributed by atoms with van der Waals surface area (Å²) < 4.78 is 5.59. The van der Waals surface area contributed by atoms with Gasteiger partial charge in [0.25, 0.3) is 0 Å². The number of fused-ring (bicyclic) bond motifs is 1. The molecule has 0 spiro atoms. The van der Waals surface area contributed by atoms with E-state index in [1.54, 1.807) is 0 Å². The summed E-state index contributed by atoms with van der Waals surface area (Å²) in [5.74, 6) is 0. The van der Waals surface area contributed by atoms with Crippen LogP contribution >= 0.6 is 30.4 Å². The minimum Gasteiger partial charge on any atom is -0.278 e. The lowest BCUT2D eigenvalue weighted by atomic mass is 9.80. The van der Waals surface area contributed by atoms with E-state index >= 15 is 0 Å². The molecule has 0 bridgehead atoms. The molecule has 1 aromatic carbocycles. The first-order valence-corrected chi connectivity index (χ1v) is 8.07. The summed E-state index contributed by atoms with van der Waals surface area (Å²) in [6.45, 7) is 0. The molecule has 1 aromatic rings. The Morgan fingerprint density at radius 2 is 2.27 bits per heavy atom. The van der Waals surface area contributed by atoms with Crippen molar-refractivity contribution >= 4 is 30.4 Å². The van der Waals surface area contributed by atoms with Crippen molar-refractivity contribution in [3.05, 3.63) is 35.4 Å². The van der Waals surface area contributed by atoms with E-state index in [1.165, 1.54) is 14.8 Å². The Morgan fingerprint density at radius 1 is 1.47 bits per heavy atom. The van der Waals surface area contributed by atoms with Crippen LogP contribution < -0.4 is 0 Å². The van der Waals surface area contributed by atoms with Crippen molar-refractivity contribution in [3.63, 3.8) is 0 Å². The maximum Gasteiger partial charge on any atom is 0.194 e. The zero-order valence-electron chi connectivity index (χ0n) is 8.07. The van der Waals surface area contributed by atoms with Gasteiger partial charge < -0.3 is 0 Å². The van der Waals surface area contributed by atoms with E-state index < -0.39 is 5.60 Å². The van der Waals surface area contributed by atoms with Gasteiger partial charge in [0.15, 0.2) is 5.60 Å². The van der Waals surface area contributed by atoms with Gasteiger partial charge in [0, 0.05) is 26.8 Å². The third-order valence-electron chi connectivity index (χ3n) is 2.78. The van der Waals surface area contributed by atoms with Crippen molar-refractivity contribution in [1.29, 1.82) is 5.26 Å². The molecule has 2 rings (SSSR count). The Kier molecular flexibility index (Phi) is 3.54. The highest BCUT2D eigenvalue weighted by atomic mass is 127. The fourth-order valence-electron chi connectivity index (χ4n) is 2.07. The van der Waals surface area contributed by atoms with Gasteiger partial charge in [0.1, 0.15) is 6.07 Å². The van der Waals surface area contributed by atoms with Gasteiger partial charge >= 0.3 is 0 Å². The van der Waals surface area contributed by atoms with Crippen LogP contribution in [-0.4, -0.2) is 0 Å². The summed E-state index contributed by atoms with van der Waals surface area (Å²) in [5, 5.41) is 9.33. The second-order valence-corrected chi connectivity index (χ2v) is 4.97. The van der Waals surface area contributed by atoms with Gasteiger partial charge in [0.2, 0.25) is 0 Å².